The van der Waals surface area contributed by atoms with Gasteiger partial charge in [-0.25, -0.2) is 0 Å². The molecule has 1 aromatic carbocycles. The summed E-state index contributed by atoms with van der Waals surface area (Å²) in [7, 11) is 1.84. The van der Waals surface area contributed by atoms with Crippen molar-refractivity contribution >= 4 is 28.8 Å². The number of amides is 1. The van der Waals surface area contributed by atoms with E-state index in [0.29, 0.717) is 5.02 Å². The van der Waals surface area contributed by atoms with Gasteiger partial charge in [-0.1, -0.05) is 23.7 Å². The van der Waals surface area contributed by atoms with Crippen LogP contribution in [0, 0.1) is 0 Å². The number of hydrogen-bond acceptors (Lipinski definition) is 3. The number of aryl methyl sites for hydroxylation is 1. The summed E-state index contributed by atoms with van der Waals surface area (Å²) in [5.74, 6) is -0.0603. The first-order valence-electron chi connectivity index (χ1n) is 7.17. The SMILES string of the molecule is Cn1ccc(CC(=O)NC(c2ccc(Cl)cc2)c2ccsc2)n1. The van der Waals surface area contributed by atoms with E-state index in [0.717, 1.165) is 16.8 Å². The molecule has 2 aromatic heterocycles. The fraction of sp³-hybridized carbons (Fsp3) is 0.176. The molecule has 1 unspecified atom stereocenters. The van der Waals surface area contributed by atoms with Gasteiger partial charge in [-0.05, 0) is 46.2 Å². The van der Waals surface area contributed by atoms with Crippen LogP contribution in [-0.2, 0) is 18.3 Å². The Balaban J connectivity index is 1.78. The van der Waals surface area contributed by atoms with Gasteiger partial charge in [-0.15, -0.1) is 0 Å². The maximum atomic E-state index is 12.4. The van der Waals surface area contributed by atoms with E-state index >= 15 is 0 Å². The molecule has 23 heavy (non-hydrogen) atoms. The second-order valence-electron chi connectivity index (χ2n) is 5.27. The number of benzene rings is 1. The fourth-order valence-corrected chi connectivity index (χ4v) is 3.20. The van der Waals surface area contributed by atoms with Gasteiger partial charge in [-0.3, -0.25) is 9.48 Å². The van der Waals surface area contributed by atoms with E-state index in [1.165, 1.54) is 0 Å². The average Bonchev–Trinajstić information content (AvgIpc) is 3.18. The average molecular weight is 346 g/mol. The van der Waals surface area contributed by atoms with Crippen LogP contribution in [0.3, 0.4) is 0 Å². The number of aromatic nitrogens is 2. The third-order valence-corrected chi connectivity index (χ3v) is 4.45. The first-order chi connectivity index (χ1) is 11.1. The molecule has 0 bridgehead atoms. The van der Waals surface area contributed by atoms with Gasteiger partial charge in [0.2, 0.25) is 5.91 Å². The lowest BCUT2D eigenvalue weighted by atomic mass is 10.0. The summed E-state index contributed by atoms with van der Waals surface area (Å²) in [6, 6.07) is 11.2. The van der Waals surface area contributed by atoms with Crippen LogP contribution in [0.25, 0.3) is 0 Å². The van der Waals surface area contributed by atoms with Gasteiger partial charge < -0.3 is 5.32 Å². The van der Waals surface area contributed by atoms with E-state index in [4.69, 9.17) is 11.6 Å². The van der Waals surface area contributed by atoms with Gasteiger partial charge in [0.1, 0.15) is 0 Å². The molecule has 2 heterocycles. The molecule has 6 heteroatoms. The molecular formula is C17H16ClN3OS. The summed E-state index contributed by atoms with van der Waals surface area (Å²) >= 11 is 7.57. The molecule has 0 aliphatic heterocycles. The highest BCUT2D eigenvalue weighted by atomic mass is 35.5. The summed E-state index contributed by atoms with van der Waals surface area (Å²) in [4.78, 5) is 12.4. The zero-order valence-corrected chi connectivity index (χ0v) is 14.1. The van der Waals surface area contributed by atoms with Gasteiger partial charge in [0.25, 0.3) is 0 Å². The maximum Gasteiger partial charge on any atom is 0.226 e. The lowest BCUT2D eigenvalue weighted by Gasteiger charge is -2.18. The molecule has 3 rings (SSSR count). The van der Waals surface area contributed by atoms with Crippen LogP contribution in [0.15, 0.2) is 53.4 Å². The smallest absolute Gasteiger partial charge is 0.226 e. The number of rotatable bonds is 5. The third kappa shape index (κ3) is 4.00. The van der Waals surface area contributed by atoms with Crippen molar-refractivity contribution in [3.05, 3.63) is 75.2 Å². The quantitative estimate of drug-likeness (QED) is 0.768. The second kappa shape index (κ2) is 6.98. The predicted octanol–water partition coefficient (Wildman–Crippen LogP) is 3.58. The minimum Gasteiger partial charge on any atom is -0.345 e. The van der Waals surface area contributed by atoms with Crippen LogP contribution >= 0.6 is 22.9 Å². The third-order valence-electron chi connectivity index (χ3n) is 3.50. The van der Waals surface area contributed by atoms with Crippen molar-refractivity contribution in [3.63, 3.8) is 0 Å². The van der Waals surface area contributed by atoms with E-state index in [9.17, 15) is 4.79 Å². The molecule has 0 saturated heterocycles. The van der Waals surface area contributed by atoms with Crippen LogP contribution < -0.4 is 5.32 Å². The molecule has 0 aliphatic carbocycles. The van der Waals surface area contributed by atoms with Crippen LogP contribution in [-0.4, -0.2) is 15.7 Å². The summed E-state index contributed by atoms with van der Waals surface area (Å²) in [6.45, 7) is 0. The fourth-order valence-electron chi connectivity index (χ4n) is 2.39. The Labute approximate surface area is 143 Å². The number of thiophene rings is 1. The number of nitrogens with zero attached hydrogens (tertiary/aromatic N) is 2. The van der Waals surface area contributed by atoms with Crippen molar-refractivity contribution in [1.82, 2.24) is 15.1 Å². The molecule has 1 N–H and O–H groups in total. The first-order valence-corrected chi connectivity index (χ1v) is 8.49. The Bertz CT molecular complexity index is 781. The molecular weight excluding hydrogens is 330 g/mol. The predicted molar refractivity (Wildman–Crippen MR) is 92.7 cm³/mol. The maximum absolute atomic E-state index is 12.4. The molecule has 1 amide bonds. The van der Waals surface area contributed by atoms with Crippen LogP contribution in [0.1, 0.15) is 22.9 Å². The highest BCUT2D eigenvalue weighted by Gasteiger charge is 2.18. The van der Waals surface area contributed by atoms with E-state index in [1.54, 1.807) is 16.0 Å². The van der Waals surface area contributed by atoms with Gasteiger partial charge >= 0.3 is 0 Å². The normalized spacial score (nSPS) is 12.1. The summed E-state index contributed by atoms with van der Waals surface area (Å²) in [5, 5.41) is 12.1. The van der Waals surface area contributed by atoms with Crippen molar-refractivity contribution in [3.8, 4) is 0 Å². The Morgan fingerprint density at radius 1 is 1.26 bits per heavy atom. The lowest BCUT2D eigenvalue weighted by molar-refractivity contribution is -0.121. The van der Waals surface area contributed by atoms with Crippen molar-refractivity contribution in [2.24, 2.45) is 7.05 Å². The van der Waals surface area contributed by atoms with E-state index in [-0.39, 0.29) is 18.4 Å². The Morgan fingerprint density at radius 2 is 2.04 bits per heavy atom. The molecule has 0 fully saturated rings. The number of carbonyl (C=O) groups is 1. The van der Waals surface area contributed by atoms with E-state index in [1.807, 2.05) is 60.4 Å². The minimum absolute atomic E-state index is 0.0603. The van der Waals surface area contributed by atoms with Crippen molar-refractivity contribution in [2.45, 2.75) is 12.5 Å². The van der Waals surface area contributed by atoms with Crippen LogP contribution in [0.5, 0.6) is 0 Å². The van der Waals surface area contributed by atoms with Gasteiger partial charge in [0, 0.05) is 18.3 Å². The lowest BCUT2D eigenvalue weighted by Crippen LogP contribution is -2.30. The zero-order chi connectivity index (χ0) is 16.2. The van der Waals surface area contributed by atoms with E-state index in [2.05, 4.69) is 10.4 Å². The zero-order valence-electron chi connectivity index (χ0n) is 12.6. The molecule has 0 spiro atoms. The topological polar surface area (TPSA) is 46.9 Å². The second-order valence-corrected chi connectivity index (χ2v) is 6.48. The summed E-state index contributed by atoms with van der Waals surface area (Å²) in [6.07, 6.45) is 2.09. The summed E-state index contributed by atoms with van der Waals surface area (Å²) < 4.78 is 1.69. The van der Waals surface area contributed by atoms with Gasteiger partial charge in [0.15, 0.2) is 0 Å². The molecule has 1 atom stereocenters. The van der Waals surface area contributed by atoms with Crippen LogP contribution in [0.4, 0.5) is 0 Å². The largest absolute Gasteiger partial charge is 0.345 e. The number of halogens is 1. The molecule has 118 valence electrons. The Kier molecular flexibility index (Phi) is 4.79. The van der Waals surface area contributed by atoms with E-state index < -0.39 is 0 Å². The van der Waals surface area contributed by atoms with Crippen molar-refractivity contribution in [1.29, 1.82) is 0 Å². The van der Waals surface area contributed by atoms with Crippen molar-refractivity contribution < 1.29 is 4.79 Å². The number of hydrogen-bond donors (Lipinski definition) is 1. The standard InChI is InChI=1S/C17H16ClN3OS/c1-21-8-6-15(20-21)10-16(22)19-17(13-7-9-23-11-13)12-2-4-14(18)5-3-12/h2-9,11,17H,10H2,1H3,(H,19,22). The molecule has 0 radical (unpaired) electrons. The minimum atomic E-state index is -0.185. The van der Waals surface area contributed by atoms with Crippen LogP contribution in [0.2, 0.25) is 5.02 Å². The monoisotopic (exact) mass is 345 g/mol. The first kappa shape index (κ1) is 15.8. The summed E-state index contributed by atoms with van der Waals surface area (Å²) in [5.41, 5.74) is 2.82. The molecule has 3 aromatic rings. The molecule has 0 aliphatic rings. The van der Waals surface area contributed by atoms with Gasteiger partial charge in [0.05, 0.1) is 18.2 Å². The van der Waals surface area contributed by atoms with Crippen molar-refractivity contribution in [2.75, 3.05) is 0 Å². The number of carbonyl (C=O) groups excluding carboxylic acids is 1. The highest BCUT2D eigenvalue weighted by molar-refractivity contribution is 7.08. The molecule has 0 saturated carbocycles. The Morgan fingerprint density at radius 3 is 2.65 bits per heavy atom. The van der Waals surface area contributed by atoms with Gasteiger partial charge in [-0.2, -0.15) is 16.4 Å². The highest BCUT2D eigenvalue weighted by Crippen LogP contribution is 2.25. The Hall–Kier alpha value is -2.11. The molecule has 4 nitrogen and oxygen atoms in total. The number of nitrogens with one attached hydrogen (secondary N) is 1.